The zero-order valence-corrected chi connectivity index (χ0v) is 19.4. The Labute approximate surface area is 183 Å². The Morgan fingerprint density at radius 3 is 2.03 bits per heavy atom. The number of hydrogen-bond donors (Lipinski definition) is 3. The first-order chi connectivity index (χ1) is 14.5. The Bertz CT molecular complexity index is 600. The number of ether oxygens (including phenoxy) is 2. The van der Waals surface area contributed by atoms with Gasteiger partial charge in [0.05, 0.1) is 12.7 Å². The fourth-order valence-corrected chi connectivity index (χ4v) is 3.31. The molecule has 0 saturated carbocycles. The molecule has 4 atom stereocenters. The highest BCUT2D eigenvalue weighted by atomic mass is 31.2. The maximum Gasteiger partial charge on any atom is 0.472 e. The van der Waals surface area contributed by atoms with E-state index in [-0.39, 0.29) is 19.4 Å². The first-order valence-electron chi connectivity index (χ1n) is 10.5. The van der Waals surface area contributed by atoms with E-state index in [4.69, 9.17) is 29.4 Å². The number of carbonyl (C=O) groups excluding carboxylic acids is 2. The van der Waals surface area contributed by atoms with E-state index >= 15 is 0 Å². The number of phosphoric ester groups is 1. The van der Waals surface area contributed by atoms with Crippen molar-refractivity contribution in [3.8, 4) is 0 Å². The predicted octanol–water partition coefficient (Wildman–Crippen LogP) is 2.54. The van der Waals surface area contributed by atoms with Crippen LogP contribution in [0.25, 0.3) is 0 Å². The summed E-state index contributed by atoms with van der Waals surface area (Å²) in [5, 5.41) is 8.83. The predicted molar refractivity (Wildman–Crippen MR) is 111 cm³/mol. The van der Waals surface area contributed by atoms with Gasteiger partial charge in [0, 0.05) is 12.8 Å². The molecule has 4 N–H and O–H groups in total. The number of phosphoric acid groups is 1. The lowest BCUT2D eigenvalue weighted by atomic mass is 10.2. The number of aliphatic carboxylic acids is 1. The first-order valence-corrected chi connectivity index (χ1v) is 12.0. The van der Waals surface area contributed by atoms with Gasteiger partial charge in [-0.2, -0.15) is 0 Å². The average molecular weight is 469 g/mol. The van der Waals surface area contributed by atoms with Gasteiger partial charge in [0.15, 0.2) is 6.10 Å². The molecule has 12 heteroatoms. The van der Waals surface area contributed by atoms with Crippen molar-refractivity contribution in [2.45, 2.75) is 90.4 Å². The van der Waals surface area contributed by atoms with Gasteiger partial charge in [-0.05, 0) is 19.8 Å². The molecule has 1 unspecified atom stereocenters. The number of carbonyl (C=O) groups is 3. The van der Waals surface area contributed by atoms with Crippen molar-refractivity contribution in [1.82, 2.24) is 0 Å². The second-order valence-electron chi connectivity index (χ2n) is 7.15. The number of hydrogen-bond acceptors (Lipinski definition) is 9. The van der Waals surface area contributed by atoms with Crippen LogP contribution in [0.5, 0.6) is 0 Å². The lowest BCUT2D eigenvalue weighted by Gasteiger charge is -2.22. The number of carboxylic acid groups (broad SMARTS) is 1. The van der Waals surface area contributed by atoms with Crippen molar-refractivity contribution < 1.29 is 47.5 Å². The zero-order chi connectivity index (χ0) is 23.9. The highest BCUT2D eigenvalue weighted by Gasteiger charge is 2.32. The van der Waals surface area contributed by atoms with E-state index < -0.39 is 50.6 Å². The van der Waals surface area contributed by atoms with E-state index in [9.17, 15) is 23.8 Å². The molecule has 0 aliphatic heterocycles. The highest BCUT2D eigenvalue weighted by molar-refractivity contribution is 7.47. The van der Waals surface area contributed by atoms with Gasteiger partial charge in [-0.15, -0.1) is 0 Å². The molecule has 0 aliphatic rings. The molecule has 0 saturated heterocycles. The van der Waals surface area contributed by atoms with Crippen molar-refractivity contribution in [3.05, 3.63) is 0 Å². The Balaban J connectivity index is 4.82. The molecule has 0 radical (unpaired) electrons. The van der Waals surface area contributed by atoms with Gasteiger partial charge in [0.1, 0.15) is 12.6 Å². The minimum Gasteiger partial charge on any atom is -0.480 e. The Kier molecular flexibility index (Phi) is 15.4. The van der Waals surface area contributed by atoms with Crippen molar-refractivity contribution in [1.29, 1.82) is 0 Å². The van der Waals surface area contributed by atoms with Crippen LogP contribution < -0.4 is 5.73 Å². The molecule has 0 rings (SSSR count). The minimum atomic E-state index is -4.71. The molecule has 0 aliphatic carbocycles. The molecular formula is C19H36NO10P. The van der Waals surface area contributed by atoms with Crippen LogP contribution in [0.2, 0.25) is 0 Å². The number of nitrogens with two attached hydrogens (primary N) is 1. The fraction of sp³-hybridized carbons (Fsp3) is 0.842. The summed E-state index contributed by atoms with van der Waals surface area (Å²) in [5.74, 6) is -2.45. The molecule has 0 aromatic carbocycles. The SMILES string of the molecule is CCCCCC(=O)OC[C@H](COP(=O)(O)O[C@@H](C)[C@@H](N)C(=O)O)OC(=O)CCCCC. The summed E-state index contributed by atoms with van der Waals surface area (Å²) in [4.78, 5) is 44.4. The van der Waals surface area contributed by atoms with E-state index in [0.29, 0.717) is 12.8 Å². The molecule has 182 valence electrons. The zero-order valence-electron chi connectivity index (χ0n) is 18.5. The lowest BCUT2D eigenvalue weighted by Crippen LogP contribution is -2.41. The molecule has 0 spiro atoms. The van der Waals surface area contributed by atoms with Crippen LogP contribution in [-0.2, 0) is 37.5 Å². The number of rotatable bonds is 18. The second kappa shape index (κ2) is 16.2. The van der Waals surface area contributed by atoms with Gasteiger partial charge in [-0.1, -0.05) is 39.5 Å². The van der Waals surface area contributed by atoms with Gasteiger partial charge in [-0.3, -0.25) is 23.4 Å². The minimum absolute atomic E-state index is 0.145. The maximum absolute atomic E-state index is 12.1. The van der Waals surface area contributed by atoms with Gasteiger partial charge in [0.25, 0.3) is 0 Å². The third-order valence-corrected chi connectivity index (χ3v) is 5.29. The van der Waals surface area contributed by atoms with Gasteiger partial charge >= 0.3 is 25.7 Å². The van der Waals surface area contributed by atoms with Crippen LogP contribution in [0, 0.1) is 0 Å². The molecule has 0 heterocycles. The van der Waals surface area contributed by atoms with Crippen molar-refractivity contribution in [2.24, 2.45) is 5.73 Å². The van der Waals surface area contributed by atoms with Gasteiger partial charge in [0.2, 0.25) is 0 Å². The average Bonchev–Trinajstić information content (AvgIpc) is 2.69. The lowest BCUT2D eigenvalue weighted by molar-refractivity contribution is -0.161. The van der Waals surface area contributed by atoms with Crippen molar-refractivity contribution in [3.63, 3.8) is 0 Å². The molecule has 31 heavy (non-hydrogen) atoms. The monoisotopic (exact) mass is 469 g/mol. The quantitative estimate of drug-likeness (QED) is 0.153. The highest BCUT2D eigenvalue weighted by Crippen LogP contribution is 2.45. The molecule has 0 bridgehead atoms. The van der Waals surface area contributed by atoms with Crippen LogP contribution in [0.3, 0.4) is 0 Å². The fourth-order valence-electron chi connectivity index (χ4n) is 2.34. The van der Waals surface area contributed by atoms with Gasteiger partial charge < -0.3 is 25.2 Å². The standard InChI is InChI=1S/C19H36NO10P/c1-4-6-8-10-16(21)27-12-15(29-17(22)11-9-7-5-2)13-28-31(25,26)30-14(3)18(20)19(23)24/h14-15,18H,4-13,20H2,1-3H3,(H,23,24)(H,25,26)/t14-,15+,18+/m0/s1. The van der Waals surface area contributed by atoms with Crippen LogP contribution in [0.1, 0.15) is 72.1 Å². The molecular weight excluding hydrogens is 433 g/mol. The summed E-state index contributed by atoms with van der Waals surface area (Å²) in [5.41, 5.74) is 5.34. The van der Waals surface area contributed by atoms with Gasteiger partial charge in [-0.25, -0.2) is 4.57 Å². The summed E-state index contributed by atoms with van der Waals surface area (Å²) in [6.45, 7) is 4.24. The smallest absolute Gasteiger partial charge is 0.472 e. The van der Waals surface area contributed by atoms with Crippen LogP contribution >= 0.6 is 7.82 Å². The Morgan fingerprint density at radius 1 is 0.968 bits per heavy atom. The summed E-state index contributed by atoms with van der Waals surface area (Å²) in [6, 6.07) is -1.54. The van der Waals surface area contributed by atoms with Crippen molar-refractivity contribution >= 4 is 25.7 Å². The van der Waals surface area contributed by atoms with Crippen LogP contribution in [-0.4, -0.2) is 59.4 Å². The third-order valence-electron chi connectivity index (χ3n) is 4.21. The summed E-state index contributed by atoms with van der Waals surface area (Å²) < 4.78 is 31.9. The van der Waals surface area contributed by atoms with Crippen LogP contribution in [0.4, 0.5) is 0 Å². The number of carboxylic acids is 1. The topological polar surface area (TPSA) is 172 Å². The number of esters is 2. The van der Waals surface area contributed by atoms with E-state index in [1.807, 2.05) is 13.8 Å². The normalized spacial score (nSPS) is 16.0. The third kappa shape index (κ3) is 15.0. The molecule has 0 fully saturated rings. The Hall–Kier alpha value is -1.52. The maximum atomic E-state index is 12.1. The van der Waals surface area contributed by atoms with Crippen LogP contribution in [0.15, 0.2) is 0 Å². The Morgan fingerprint density at radius 2 is 1.52 bits per heavy atom. The molecule has 0 aromatic heterocycles. The van der Waals surface area contributed by atoms with E-state index in [0.717, 1.165) is 25.7 Å². The largest absolute Gasteiger partial charge is 0.480 e. The number of unbranched alkanes of at least 4 members (excludes halogenated alkanes) is 4. The van der Waals surface area contributed by atoms with E-state index in [2.05, 4.69) is 0 Å². The molecule has 11 nitrogen and oxygen atoms in total. The van der Waals surface area contributed by atoms with E-state index in [1.54, 1.807) is 0 Å². The van der Waals surface area contributed by atoms with Crippen molar-refractivity contribution in [2.75, 3.05) is 13.2 Å². The summed E-state index contributed by atoms with van der Waals surface area (Å²) in [7, 11) is -4.71. The molecule has 0 amide bonds. The summed E-state index contributed by atoms with van der Waals surface area (Å²) >= 11 is 0. The summed E-state index contributed by atoms with van der Waals surface area (Å²) in [6.07, 6.45) is 2.74. The van der Waals surface area contributed by atoms with E-state index in [1.165, 1.54) is 6.92 Å². The second-order valence-corrected chi connectivity index (χ2v) is 8.55. The first kappa shape index (κ1) is 29.5. The molecule has 0 aromatic rings.